The number of hydrogen-bond donors (Lipinski definition) is 0. The molecular weight excluding hydrogens is 556 g/mol. The summed E-state index contributed by atoms with van der Waals surface area (Å²) >= 11 is 0. The maximum absolute atomic E-state index is 6.47. The lowest BCUT2D eigenvalue weighted by Gasteiger charge is -2.18. The number of pyridine rings is 1. The maximum atomic E-state index is 6.47. The van der Waals surface area contributed by atoms with Gasteiger partial charge in [0.2, 0.25) is 0 Å². The number of fused-ring (bicyclic) bond motifs is 3. The van der Waals surface area contributed by atoms with E-state index in [4.69, 9.17) is 14.6 Å². The molecule has 0 saturated carbocycles. The van der Waals surface area contributed by atoms with Crippen LogP contribution in [0.5, 0.6) is 17.2 Å². The molecule has 224 valence electrons. The highest BCUT2D eigenvalue weighted by molar-refractivity contribution is 6.09. The fourth-order valence-corrected chi connectivity index (χ4v) is 6.21. The molecule has 6 nitrogen and oxygen atoms in total. The van der Waals surface area contributed by atoms with Crippen molar-refractivity contribution in [3.05, 3.63) is 127 Å². The molecule has 6 heteroatoms. The van der Waals surface area contributed by atoms with E-state index in [0.29, 0.717) is 11.8 Å². The average molecular weight is 593 g/mol. The lowest BCUT2D eigenvalue weighted by Crippen LogP contribution is -1.99. The van der Waals surface area contributed by atoms with Crippen LogP contribution in [0.25, 0.3) is 44.4 Å². The van der Waals surface area contributed by atoms with Crippen molar-refractivity contribution in [1.82, 2.24) is 19.3 Å². The van der Waals surface area contributed by atoms with Gasteiger partial charge in [-0.2, -0.15) is 5.10 Å². The molecule has 0 saturated heterocycles. The molecule has 0 radical (unpaired) electrons. The third-order valence-corrected chi connectivity index (χ3v) is 8.39. The molecular formula is C39H36N4O2. The molecule has 3 aromatic heterocycles. The highest BCUT2D eigenvalue weighted by Gasteiger charge is 2.18. The normalized spacial score (nSPS) is 11.6. The third kappa shape index (κ3) is 5.22. The summed E-state index contributed by atoms with van der Waals surface area (Å²) in [7, 11) is 1.67. The molecule has 7 aromatic rings. The van der Waals surface area contributed by atoms with Crippen molar-refractivity contribution in [3.63, 3.8) is 0 Å². The van der Waals surface area contributed by atoms with Crippen LogP contribution in [-0.2, 0) is 0 Å². The van der Waals surface area contributed by atoms with Crippen molar-refractivity contribution in [3.8, 4) is 39.9 Å². The Balaban J connectivity index is 1.25. The fraction of sp³-hybridized carbons (Fsp3) is 0.179. The fourth-order valence-electron chi connectivity index (χ4n) is 6.21. The first-order valence-corrected chi connectivity index (χ1v) is 15.4. The molecule has 0 spiro atoms. The van der Waals surface area contributed by atoms with Gasteiger partial charge in [0.25, 0.3) is 0 Å². The minimum Gasteiger partial charge on any atom is -0.497 e. The predicted octanol–water partition coefficient (Wildman–Crippen LogP) is 10.1. The van der Waals surface area contributed by atoms with Gasteiger partial charge in [-0.3, -0.25) is 4.57 Å². The van der Waals surface area contributed by atoms with Crippen LogP contribution >= 0.6 is 0 Å². The van der Waals surface area contributed by atoms with Crippen LogP contribution in [0.4, 0.5) is 0 Å². The Morgan fingerprint density at radius 1 is 0.667 bits per heavy atom. The van der Waals surface area contributed by atoms with E-state index in [0.717, 1.165) is 56.1 Å². The van der Waals surface area contributed by atoms with Gasteiger partial charge in [0.15, 0.2) is 0 Å². The Morgan fingerprint density at radius 3 is 2.18 bits per heavy atom. The summed E-state index contributed by atoms with van der Waals surface area (Å²) in [6, 6.07) is 33.1. The second-order valence-electron chi connectivity index (χ2n) is 12.0. The number of nitrogens with zero attached hydrogens (tertiary/aromatic N) is 4. The Bertz CT molecular complexity index is 2130. The third-order valence-electron chi connectivity index (χ3n) is 8.39. The van der Waals surface area contributed by atoms with Gasteiger partial charge < -0.3 is 9.47 Å². The number of aromatic nitrogens is 4. The number of benzene rings is 4. The molecule has 0 aliphatic heterocycles. The van der Waals surface area contributed by atoms with Crippen LogP contribution in [-0.4, -0.2) is 26.4 Å². The largest absolute Gasteiger partial charge is 0.497 e. The van der Waals surface area contributed by atoms with Gasteiger partial charge in [-0.1, -0.05) is 70.2 Å². The van der Waals surface area contributed by atoms with Gasteiger partial charge in [-0.05, 0) is 64.9 Å². The zero-order chi connectivity index (χ0) is 31.1. The average Bonchev–Trinajstić information content (AvgIpc) is 3.68. The van der Waals surface area contributed by atoms with E-state index >= 15 is 0 Å². The predicted molar refractivity (Wildman–Crippen MR) is 182 cm³/mol. The minimum atomic E-state index is 0.412. The monoisotopic (exact) mass is 592 g/mol. The number of ether oxygens (including phenoxy) is 2. The van der Waals surface area contributed by atoms with Gasteiger partial charge in [-0.15, -0.1) is 0 Å². The quantitative estimate of drug-likeness (QED) is 0.176. The number of methoxy groups -OCH3 is 1. The van der Waals surface area contributed by atoms with Crippen molar-refractivity contribution < 1.29 is 9.47 Å². The summed E-state index contributed by atoms with van der Waals surface area (Å²) in [4.78, 5) is 4.68. The van der Waals surface area contributed by atoms with E-state index in [2.05, 4.69) is 98.0 Å². The molecule has 3 heterocycles. The summed E-state index contributed by atoms with van der Waals surface area (Å²) in [6.07, 6.45) is 5.87. The standard InChI is InChI=1S/C39H36N4O2/c1-25(2)32-13-9-14-33(26(3)4)39(32)27-23-41-42(24-27)28-10-8-11-30(20-28)45-31-16-17-35-34-12-6-7-15-36(34)43(37(35)21-31)38-22-29(44-5)18-19-40-38/h6-26H,1-5H3. The highest BCUT2D eigenvalue weighted by atomic mass is 16.5. The molecule has 0 atom stereocenters. The molecule has 0 bridgehead atoms. The summed E-state index contributed by atoms with van der Waals surface area (Å²) < 4.78 is 16.1. The molecule has 0 N–H and O–H groups in total. The highest BCUT2D eigenvalue weighted by Crippen LogP contribution is 2.38. The summed E-state index contributed by atoms with van der Waals surface area (Å²) in [5, 5.41) is 7.06. The Kier molecular flexibility index (Phi) is 7.34. The Labute approximate surface area is 263 Å². The van der Waals surface area contributed by atoms with Crippen LogP contribution < -0.4 is 9.47 Å². The number of para-hydroxylation sites is 1. The molecule has 4 aromatic carbocycles. The van der Waals surface area contributed by atoms with Gasteiger partial charge in [0, 0.05) is 46.9 Å². The minimum absolute atomic E-state index is 0.412. The van der Waals surface area contributed by atoms with Gasteiger partial charge >= 0.3 is 0 Å². The topological polar surface area (TPSA) is 54.1 Å². The van der Waals surface area contributed by atoms with Crippen molar-refractivity contribution in [1.29, 1.82) is 0 Å². The van der Waals surface area contributed by atoms with Gasteiger partial charge in [-0.25, -0.2) is 9.67 Å². The van der Waals surface area contributed by atoms with E-state index in [-0.39, 0.29) is 0 Å². The molecule has 0 amide bonds. The number of rotatable bonds is 8. The zero-order valence-corrected chi connectivity index (χ0v) is 26.2. The van der Waals surface area contributed by atoms with Crippen LogP contribution in [0.2, 0.25) is 0 Å². The van der Waals surface area contributed by atoms with Crippen LogP contribution in [0.1, 0.15) is 50.7 Å². The molecule has 0 unspecified atom stereocenters. The Morgan fingerprint density at radius 2 is 1.40 bits per heavy atom. The van der Waals surface area contributed by atoms with Crippen molar-refractivity contribution in [2.24, 2.45) is 0 Å². The SMILES string of the molecule is COc1ccnc(-n2c3ccccc3c3ccc(Oc4cccc(-n5cc(-c6c(C(C)C)cccc6C(C)C)cn5)c4)cc32)c1. The lowest BCUT2D eigenvalue weighted by atomic mass is 9.86. The first-order valence-electron chi connectivity index (χ1n) is 15.4. The molecule has 0 aliphatic carbocycles. The second-order valence-corrected chi connectivity index (χ2v) is 12.0. The van der Waals surface area contributed by atoms with Crippen LogP contribution in [0, 0.1) is 0 Å². The van der Waals surface area contributed by atoms with E-state index in [9.17, 15) is 0 Å². The first kappa shape index (κ1) is 28.4. The van der Waals surface area contributed by atoms with Crippen LogP contribution in [0.3, 0.4) is 0 Å². The van der Waals surface area contributed by atoms with Crippen molar-refractivity contribution >= 4 is 21.8 Å². The number of hydrogen-bond acceptors (Lipinski definition) is 4. The maximum Gasteiger partial charge on any atom is 0.141 e. The summed E-state index contributed by atoms with van der Waals surface area (Å²) in [5.74, 6) is 3.83. The summed E-state index contributed by atoms with van der Waals surface area (Å²) in [5.41, 5.74) is 8.11. The van der Waals surface area contributed by atoms with Crippen LogP contribution in [0.15, 0.2) is 116 Å². The summed E-state index contributed by atoms with van der Waals surface area (Å²) in [6.45, 7) is 8.99. The molecule has 7 rings (SSSR count). The Hall–Kier alpha value is -5.36. The van der Waals surface area contributed by atoms with Crippen molar-refractivity contribution in [2.45, 2.75) is 39.5 Å². The molecule has 45 heavy (non-hydrogen) atoms. The molecule has 0 aliphatic rings. The van der Waals surface area contributed by atoms with Gasteiger partial charge in [0.1, 0.15) is 23.1 Å². The second kappa shape index (κ2) is 11.6. The lowest BCUT2D eigenvalue weighted by molar-refractivity contribution is 0.414. The van der Waals surface area contributed by atoms with E-state index in [1.54, 1.807) is 13.3 Å². The van der Waals surface area contributed by atoms with E-state index < -0.39 is 0 Å². The molecule has 0 fully saturated rings. The smallest absolute Gasteiger partial charge is 0.141 e. The zero-order valence-electron chi connectivity index (χ0n) is 26.2. The first-order chi connectivity index (χ1) is 21.9. The van der Waals surface area contributed by atoms with Gasteiger partial charge in [0.05, 0.1) is 30.0 Å². The van der Waals surface area contributed by atoms with E-state index in [1.807, 2.05) is 53.3 Å². The van der Waals surface area contributed by atoms with Crippen molar-refractivity contribution in [2.75, 3.05) is 7.11 Å². The van der Waals surface area contributed by atoms with E-state index in [1.165, 1.54) is 16.7 Å².